The van der Waals surface area contributed by atoms with Gasteiger partial charge in [-0.15, -0.1) is 0 Å². The minimum Gasteiger partial charge on any atom is -0.390 e. The highest BCUT2D eigenvalue weighted by molar-refractivity contribution is 4.92. The molecule has 82 valence electrons. The van der Waals surface area contributed by atoms with Gasteiger partial charge in [-0.25, -0.2) is 0 Å². The molecule has 2 atom stereocenters. The quantitative estimate of drug-likeness (QED) is 0.642. The van der Waals surface area contributed by atoms with Crippen LogP contribution < -0.4 is 5.32 Å². The van der Waals surface area contributed by atoms with E-state index in [4.69, 9.17) is 0 Å². The summed E-state index contributed by atoms with van der Waals surface area (Å²) in [7, 11) is 0. The molecule has 2 aliphatic heterocycles. The predicted molar refractivity (Wildman–Crippen MR) is 57.3 cm³/mol. The fourth-order valence-electron chi connectivity index (χ4n) is 2.78. The van der Waals surface area contributed by atoms with Crippen LogP contribution >= 0.6 is 0 Å². The number of rotatable bonds is 1. The molecule has 3 nitrogen and oxygen atoms in total. The van der Waals surface area contributed by atoms with E-state index in [-0.39, 0.29) is 6.10 Å². The molecule has 3 heteroatoms. The van der Waals surface area contributed by atoms with Gasteiger partial charge < -0.3 is 10.4 Å². The van der Waals surface area contributed by atoms with E-state index in [0.29, 0.717) is 11.5 Å². The van der Waals surface area contributed by atoms with Crippen LogP contribution in [0.2, 0.25) is 0 Å². The number of hydrogen-bond donors (Lipinski definition) is 2. The van der Waals surface area contributed by atoms with Gasteiger partial charge in [-0.1, -0.05) is 13.8 Å². The summed E-state index contributed by atoms with van der Waals surface area (Å²) in [6.45, 7) is 8.67. The van der Waals surface area contributed by atoms with Crippen LogP contribution in [0.1, 0.15) is 26.7 Å². The van der Waals surface area contributed by atoms with E-state index in [1.807, 2.05) is 0 Å². The fraction of sp³-hybridized carbons (Fsp3) is 1.00. The van der Waals surface area contributed by atoms with Crippen molar-refractivity contribution in [2.24, 2.45) is 5.41 Å². The van der Waals surface area contributed by atoms with E-state index in [1.165, 1.54) is 12.8 Å². The van der Waals surface area contributed by atoms with Gasteiger partial charge >= 0.3 is 0 Å². The molecule has 2 N–H and O–H groups in total. The van der Waals surface area contributed by atoms with Gasteiger partial charge in [0.15, 0.2) is 0 Å². The first-order valence-electron chi connectivity index (χ1n) is 5.71. The van der Waals surface area contributed by atoms with E-state index < -0.39 is 0 Å². The molecule has 0 aromatic rings. The van der Waals surface area contributed by atoms with Crippen LogP contribution in [0.5, 0.6) is 0 Å². The fourth-order valence-corrected chi connectivity index (χ4v) is 2.78. The highest BCUT2D eigenvalue weighted by Gasteiger charge is 2.35. The molecule has 0 saturated carbocycles. The van der Waals surface area contributed by atoms with Gasteiger partial charge in [-0.05, 0) is 24.8 Å². The van der Waals surface area contributed by atoms with Crippen LogP contribution in [0.4, 0.5) is 0 Å². The Morgan fingerprint density at radius 1 is 1.36 bits per heavy atom. The van der Waals surface area contributed by atoms with Gasteiger partial charge in [0, 0.05) is 25.7 Å². The summed E-state index contributed by atoms with van der Waals surface area (Å²) < 4.78 is 0. The largest absolute Gasteiger partial charge is 0.390 e. The zero-order chi connectivity index (χ0) is 10.2. The molecule has 0 spiro atoms. The Balaban J connectivity index is 1.97. The predicted octanol–water partition coefficient (Wildman–Crippen LogP) is 0.441. The second kappa shape index (κ2) is 3.80. The number of hydrogen-bond acceptors (Lipinski definition) is 3. The van der Waals surface area contributed by atoms with Gasteiger partial charge in [0.05, 0.1) is 6.10 Å². The Morgan fingerprint density at radius 2 is 2.14 bits per heavy atom. The standard InChI is InChI=1S/C11H22N2O/c1-11(2)4-3-5-13(8-11)9-6-12-7-10(9)14/h9-10,12,14H,3-8H2,1-2H3/t9-,10-/m1/s1. The maximum atomic E-state index is 9.81. The van der Waals surface area contributed by atoms with E-state index >= 15 is 0 Å². The smallest absolute Gasteiger partial charge is 0.0831 e. The lowest BCUT2D eigenvalue weighted by atomic mass is 9.83. The second-order valence-corrected chi connectivity index (χ2v) is 5.53. The molecule has 2 rings (SSSR count). The van der Waals surface area contributed by atoms with Crippen molar-refractivity contribution in [3.63, 3.8) is 0 Å². The normalized spacial score (nSPS) is 38.8. The third-order valence-electron chi connectivity index (χ3n) is 3.55. The van der Waals surface area contributed by atoms with Crippen LogP contribution in [-0.2, 0) is 0 Å². The van der Waals surface area contributed by atoms with Gasteiger partial charge in [-0.2, -0.15) is 0 Å². The van der Waals surface area contributed by atoms with Gasteiger partial charge in [0.1, 0.15) is 0 Å². The first kappa shape index (κ1) is 10.4. The molecule has 2 aliphatic rings. The Labute approximate surface area is 86.5 Å². The number of aliphatic hydroxyl groups is 1. The minimum atomic E-state index is -0.163. The maximum Gasteiger partial charge on any atom is 0.0831 e. The molecule has 2 fully saturated rings. The van der Waals surface area contributed by atoms with E-state index in [1.54, 1.807) is 0 Å². The molecule has 0 unspecified atom stereocenters. The Kier molecular flexibility index (Phi) is 2.82. The van der Waals surface area contributed by atoms with E-state index in [9.17, 15) is 5.11 Å². The summed E-state index contributed by atoms with van der Waals surface area (Å²) in [5, 5.41) is 13.1. The topological polar surface area (TPSA) is 35.5 Å². The molecule has 0 bridgehead atoms. The molecule has 2 heterocycles. The lowest BCUT2D eigenvalue weighted by Gasteiger charge is -2.41. The van der Waals surface area contributed by atoms with Crippen molar-refractivity contribution in [2.45, 2.75) is 38.8 Å². The number of β-amino-alcohol motifs (C(OH)–C–C–N with tert-alkyl or cyclic N) is 1. The van der Waals surface area contributed by atoms with Crippen molar-refractivity contribution >= 4 is 0 Å². The Morgan fingerprint density at radius 3 is 2.71 bits per heavy atom. The lowest BCUT2D eigenvalue weighted by molar-refractivity contribution is 0.0308. The van der Waals surface area contributed by atoms with Gasteiger partial charge in [-0.3, -0.25) is 4.90 Å². The molecule has 0 aliphatic carbocycles. The van der Waals surface area contributed by atoms with Gasteiger partial charge in [0.25, 0.3) is 0 Å². The van der Waals surface area contributed by atoms with Crippen molar-refractivity contribution < 1.29 is 5.11 Å². The number of aliphatic hydroxyl groups excluding tert-OH is 1. The van der Waals surface area contributed by atoms with Crippen LogP contribution in [0.3, 0.4) is 0 Å². The summed E-state index contributed by atoms with van der Waals surface area (Å²) in [6.07, 6.45) is 2.43. The average Bonchev–Trinajstić information content (AvgIpc) is 2.49. The highest BCUT2D eigenvalue weighted by atomic mass is 16.3. The summed E-state index contributed by atoms with van der Waals surface area (Å²) >= 11 is 0. The third kappa shape index (κ3) is 2.10. The lowest BCUT2D eigenvalue weighted by Crippen LogP contribution is -2.50. The SMILES string of the molecule is CC1(C)CCCN([C@@H]2CNC[C@H]2O)C1. The van der Waals surface area contributed by atoms with E-state index in [0.717, 1.165) is 26.2 Å². The first-order valence-corrected chi connectivity index (χ1v) is 5.71. The van der Waals surface area contributed by atoms with Crippen molar-refractivity contribution in [1.29, 1.82) is 0 Å². The van der Waals surface area contributed by atoms with Crippen molar-refractivity contribution in [3.8, 4) is 0 Å². The van der Waals surface area contributed by atoms with E-state index in [2.05, 4.69) is 24.1 Å². The molecular weight excluding hydrogens is 176 g/mol. The summed E-state index contributed by atoms with van der Waals surface area (Å²) in [5.74, 6) is 0. The number of piperidine rings is 1. The highest BCUT2D eigenvalue weighted by Crippen LogP contribution is 2.30. The number of likely N-dealkylation sites (tertiary alicyclic amines) is 1. The molecule has 0 amide bonds. The first-order chi connectivity index (χ1) is 6.58. The van der Waals surface area contributed by atoms with Crippen LogP contribution in [-0.4, -0.2) is 48.3 Å². The van der Waals surface area contributed by atoms with Crippen LogP contribution in [0, 0.1) is 5.41 Å². The molecular formula is C11H22N2O. The Hall–Kier alpha value is -0.120. The van der Waals surface area contributed by atoms with Crippen LogP contribution in [0.25, 0.3) is 0 Å². The summed E-state index contributed by atoms with van der Waals surface area (Å²) in [6, 6.07) is 0.356. The third-order valence-corrected chi connectivity index (χ3v) is 3.55. The molecule has 14 heavy (non-hydrogen) atoms. The van der Waals surface area contributed by atoms with Crippen LogP contribution in [0.15, 0.2) is 0 Å². The van der Waals surface area contributed by atoms with Crippen molar-refractivity contribution in [3.05, 3.63) is 0 Å². The van der Waals surface area contributed by atoms with Crippen molar-refractivity contribution in [1.82, 2.24) is 10.2 Å². The minimum absolute atomic E-state index is 0.163. The second-order valence-electron chi connectivity index (χ2n) is 5.53. The summed E-state index contributed by atoms with van der Waals surface area (Å²) in [4.78, 5) is 2.47. The summed E-state index contributed by atoms with van der Waals surface area (Å²) in [5.41, 5.74) is 0.431. The monoisotopic (exact) mass is 198 g/mol. The number of nitrogens with one attached hydrogen (secondary N) is 1. The zero-order valence-corrected chi connectivity index (χ0v) is 9.29. The molecule has 0 radical (unpaired) electrons. The molecule has 2 saturated heterocycles. The Bertz CT molecular complexity index is 205. The number of nitrogens with zero attached hydrogens (tertiary/aromatic N) is 1. The van der Waals surface area contributed by atoms with Crippen molar-refractivity contribution in [2.75, 3.05) is 26.2 Å². The van der Waals surface area contributed by atoms with Gasteiger partial charge in [0.2, 0.25) is 0 Å². The average molecular weight is 198 g/mol. The zero-order valence-electron chi connectivity index (χ0n) is 9.29. The molecule has 0 aromatic carbocycles. The molecule has 0 aromatic heterocycles. The maximum absolute atomic E-state index is 9.81.